The largest absolute Gasteiger partial charge is 0.382 e. The number of nitrogen functional groups attached to an aromatic ring is 1. The summed E-state index contributed by atoms with van der Waals surface area (Å²) in [7, 11) is 1.71. The van der Waals surface area contributed by atoms with Crippen molar-refractivity contribution in [1.29, 1.82) is 0 Å². The minimum Gasteiger partial charge on any atom is -0.382 e. The number of pyridine rings is 1. The van der Waals surface area contributed by atoms with Gasteiger partial charge >= 0.3 is 0 Å². The summed E-state index contributed by atoms with van der Waals surface area (Å²) < 4.78 is 7.80. The van der Waals surface area contributed by atoms with E-state index in [0.29, 0.717) is 5.82 Å². The molecule has 6 heteroatoms. The van der Waals surface area contributed by atoms with Gasteiger partial charge in [-0.05, 0) is 50.6 Å². The summed E-state index contributed by atoms with van der Waals surface area (Å²) in [6, 6.07) is 10.5. The molecule has 2 N–H and O–H groups in total. The van der Waals surface area contributed by atoms with E-state index in [1.165, 1.54) is 4.90 Å². The predicted molar refractivity (Wildman–Crippen MR) is 109 cm³/mol. The second kappa shape index (κ2) is 8.10. The SMILES string of the molecule is COC(C)c1nc2c(N)nc(C)c(C)c2n1CCCSc1ccccc1. The Balaban J connectivity index is 1.87. The number of thioether (sulfide) groups is 1. The lowest BCUT2D eigenvalue weighted by Crippen LogP contribution is -2.10. The first-order valence-electron chi connectivity index (χ1n) is 8.86. The Kier molecular flexibility index (Phi) is 5.84. The molecule has 0 aliphatic carbocycles. The van der Waals surface area contributed by atoms with Crippen molar-refractivity contribution in [2.24, 2.45) is 0 Å². The van der Waals surface area contributed by atoms with Crippen molar-refractivity contribution in [2.45, 2.75) is 44.7 Å². The highest BCUT2D eigenvalue weighted by molar-refractivity contribution is 7.99. The third-order valence-electron chi connectivity index (χ3n) is 4.68. The first kappa shape index (κ1) is 18.7. The number of nitrogens with two attached hydrogens (primary N) is 1. The van der Waals surface area contributed by atoms with Gasteiger partial charge in [0.25, 0.3) is 0 Å². The fourth-order valence-electron chi connectivity index (χ4n) is 3.09. The molecule has 2 heterocycles. The van der Waals surface area contributed by atoms with Gasteiger partial charge in [-0.25, -0.2) is 9.97 Å². The van der Waals surface area contributed by atoms with Gasteiger partial charge in [-0.2, -0.15) is 0 Å². The molecule has 2 aromatic heterocycles. The third-order valence-corrected chi connectivity index (χ3v) is 5.78. The molecule has 0 aliphatic rings. The Hall–Kier alpha value is -2.05. The molecule has 1 atom stereocenters. The minimum absolute atomic E-state index is 0.0942. The van der Waals surface area contributed by atoms with Gasteiger partial charge < -0.3 is 15.0 Å². The highest BCUT2D eigenvalue weighted by Crippen LogP contribution is 2.30. The number of anilines is 1. The van der Waals surface area contributed by atoms with E-state index >= 15 is 0 Å². The lowest BCUT2D eigenvalue weighted by molar-refractivity contribution is 0.109. The van der Waals surface area contributed by atoms with Crippen molar-refractivity contribution in [3.05, 3.63) is 47.4 Å². The van der Waals surface area contributed by atoms with E-state index in [1.54, 1.807) is 7.11 Å². The van der Waals surface area contributed by atoms with Crippen molar-refractivity contribution in [3.8, 4) is 0 Å². The number of aromatic nitrogens is 3. The summed E-state index contributed by atoms with van der Waals surface area (Å²) >= 11 is 1.88. The number of ether oxygens (including phenoxy) is 1. The normalized spacial score (nSPS) is 12.6. The maximum Gasteiger partial charge on any atom is 0.151 e. The topological polar surface area (TPSA) is 66.0 Å². The van der Waals surface area contributed by atoms with Gasteiger partial charge in [0.05, 0.1) is 5.52 Å². The average molecular weight is 371 g/mol. The Labute approximate surface area is 159 Å². The van der Waals surface area contributed by atoms with Gasteiger partial charge in [-0.3, -0.25) is 0 Å². The van der Waals surface area contributed by atoms with Gasteiger partial charge in [0, 0.05) is 24.2 Å². The van der Waals surface area contributed by atoms with Crippen LogP contribution in [0.5, 0.6) is 0 Å². The fraction of sp³-hybridized carbons (Fsp3) is 0.400. The van der Waals surface area contributed by atoms with E-state index in [9.17, 15) is 0 Å². The fourth-order valence-corrected chi connectivity index (χ4v) is 3.95. The number of hydrogen-bond acceptors (Lipinski definition) is 5. The van der Waals surface area contributed by atoms with Crippen LogP contribution in [0.15, 0.2) is 35.2 Å². The molecule has 0 saturated carbocycles. The zero-order valence-corrected chi connectivity index (χ0v) is 16.6. The molecule has 0 amide bonds. The van der Waals surface area contributed by atoms with Crippen LogP contribution in [-0.2, 0) is 11.3 Å². The summed E-state index contributed by atoms with van der Waals surface area (Å²) in [6.45, 7) is 6.97. The number of hydrogen-bond donors (Lipinski definition) is 1. The zero-order valence-electron chi connectivity index (χ0n) is 15.8. The number of rotatable bonds is 7. The van der Waals surface area contributed by atoms with E-state index in [-0.39, 0.29) is 6.10 Å². The van der Waals surface area contributed by atoms with Crippen LogP contribution < -0.4 is 5.73 Å². The van der Waals surface area contributed by atoms with Crippen molar-refractivity contribution < 1.29 is 4.74 Å². The zero-order chi connectivity index (χ0) is 18.7. The smallest absolute Gasteiger partial charge is 0.151 e. The summed E-state index contributed by atoms with van der Waals surface area (Å²) in [5.41, 5.74) is 10.1. The number of fused-ring (bicyclic) bond motifs is 1. The standard InChI is InChI=1S/C20H26N4OS/c1-13-14(2)22-19(21)17-18(13)24(20(23-17)15(3)25-4)11-8-12-26-16-9-6-5-7-10-16/h5-7,9-10,15H,8,11-12H2,1-4H3,(H2,21,22). The molecule has 3 aromatic rings. The van der Waals surface area contributed by atoms with Gasteiger partial charge in [0.1, 0.15) is 17.4 Å². The van der Waals surface area contributed by atoms with Crippen LogP contribution in [0.25, 0.3) is 11.0 Å². The molecule has 0 bridgehead atoms. The quantitative estimate of drug-likeness (QED) is 0.489. The number of aryl methyl sites for hydroxylation is 3. The van der Waals surface area contributed by atoms with Gasteiger partial charge in [-0.1, -0.05) is 18.2 Å². The number of nitrogens with zero attached hydrogens (tertiary/aromatic N) is 3. The third kappa shape index (κ3) is 3.71. The highest BCUT2D eigenvalue weighted by Gasteiger charge is 2.20. The summed E-state index contributed by atoms with van der Waals surface area (Å²) in [5, 5.41) is 0. The molecular formula is C20H26N4OS. The molecule has 1 aromatic carbocycles. The van der Waals surface area contributed by atoms with Crippen LogP contribution in [-0.4, -0.2) is 27.4 Å². The lowest BCUT2D eigenvalue weighted by atomic mass is 10.2. The van der Waals surface area contributed by atoms with Crippen LogP contribution >= 0.6 is 11.8 Å². The molecule has 26 heavy (non-hydrogen) atoms. The van der Waals surface area contributed by atoms with E-state index < -0.39 is 0 Å². The Bertz CT molecular complexity index is 892. The maximum atomic E-state index is 6.15. The minimum atomic E-state index is -0.0942. The van der Waals surface area contributed by atoms with Crippen molar-refractivity contribution in [2.75, 3.05) is 18.6 Å². The van der Waals surface area contributed by atoms with Crippen molar-refractivity contribution in [1.82, 2.24) is 14.5 Å². The van der Waals surface area contributed by atoms with Crippen LogP contribution in [0, 0.1) is 13.8 Å². The molecule has 1 unspecified atom stereocenters. The van der Waals surface area contributed by atoms with E-state index in [0.717, 1.165) is 46.8 Å². The van der Waals surface area contributed by atoms with Crippen LogP contribution in [0.3, 0.4) is 0 Å². The van der Waals surface area contributed by atoms with E-state index in [2.05, 4.69) is 40.7 Å². The van der Waals surface area contributed by atoms with Crippen LogP contribution in [0.1, 0.15) is 36.5 Å². The van der Waals surface area contributed by atoms with Crippen molar-refractivity contribution >= 4 is 28.6 Å². The Morgan fingerprint density at radius 2 is 1.92 bits per heavy atom. The second-order valence-corrected chi connectivity index (χ2v) is 7.59. The molecule has 0 spiro atoms. The van der Waals surface area contributed by atoms with E-state index in [4.69, 9.17) is 15.5 Å². The highest BCUT2D eigenvalue weighted by atomic mass is 32.2. The number of imidazole rings is 1. The average Bonchev–Trinajstić information content (AvgIpc) is 3.04. The van der Waals surface area contributed by atoms with E-state index in [1.807, 2.05) is 31.7 Å². The van der Waals surface area contributed by atoms with Gasteiger partial charge in [-0.15, -0.1) is 11.8 Å². The van der Waals surface area contributed by atoms with Crippen LogP contribution in [0.2, 0.25) is 0 Å². The first-order chi connectivity index (χ1) is 12.5. The molecule has 0 aliphatic heterocycles. The Morgan fingerprint density at radius 3 is 2.62 bits per heavy atom. The molecule has 3 rings (SSSR count). The summed E-state index contributed by atoms with van der Waals surface area (Å²) in [6.07, 6.45) is 0.943. The van der Waals surface area contributed by atoms with Crippen LogP contribution in [0.4, 0.5) is 5.82 Å². The van der Waals surface area contributed by atoms with Gasteiger partial charge in [0.2, 0.25) is 0 Å². The van der Waals surface area contributed by atoms with Crippen molar-refractivity contribution in [3.63, 3.8) is 0 Å². The second-order valence-electron chi connectivity index (χ2n) is 6.42. The molecule has 0 radical (unpaired) electrons. The summed E-state index contributed by atoms with van der Waals surface area (Å²) in [4.78, 5) is 10.5. The number of methoxy groups -OCH3 is 1. The summed E-state index contributed by atoms with van der Waals surface area (Å²) in [5.74, 6) is 2.45. The molecule has 0 saturated heterocycles. The lowest BCUT2D eigenvalue weighted by Gasteiger charge is -2.14. The first-order valence-corrected chi connectivity index (χ1v) is 9.85. The molecular weight excluding hydrogens is 344 g/mol. The molecule has 0 fully saturated rings. The van der Waals surface area contributed by atoms with Gasteiger partial charge in [0.15, 0.2) is 5.82 Å². The molecule has 138 valence electrons. The Morgan fingerprint density at radius 1 is 1.19 bits per heavy atom. The number of benzene rings is 1. The monoisotopic (exact) mass is 370 g/mol. The maximum absolute atomic E-state index is 6.15. The molecule has 5 nitrogen and oxygen atoms in total. The predicted octanol–water partition coefficient (Wildman–Crippen LogP) is 4.52.